The molecule has 0 aliphatic heterocycles. The molecule has 3 N–H and O–H groups in total. The minimum atomic E-state index is -4.96. The van der Waals surface area contributed by atoms with Crippen LogP contribution in [0, 0.1) is 23.7 Å². The van der Waals surface area contributed by atoms with E-state index in [1.54, 1.807) is 0 Å². The molecule has 103 heavy (non-hydrogen) atoms. The summed E-state index contributed by atoms with van der Waals surface area (Å²) in [7, 11) is -9.92. The summed E-state index contributed by atoms with van der Waals surface area (Å²) in [4.78, 5) is 73.0. The molecule has 612 valence electrons. The molecule has 0 aromatic carbocycles. The van der Waals surface area contributed by atoms with Gasteiger partial charge in [-0.3, -0.25) is 37.3 Å². The molecule has 0 aliphatic carbocycles. The largest absolute Gasteiger partial charge is 0.472 e. The fraction of sp³-hybridized carbons (Fsp3) is 0.952. The molecule has 0 radical (unpaired) electrons. The van der Waals surface area contributed by atoms with E-state index in [9.17, 15) is 43.2 Å². The number of hydrogen-bond acceptors (Lipinski definition) is 15. The summed E-state index contributed by atoms with van der Waals surface area (Å²) in [6, 6.07) is 0. The fourth-order valence-corrected chi connectivity index (χ4v) is 14.4. The number of carbonyl (C=O) groups is 4. The van der Waals surface area contributed by atoms with Gasteiger partial charge in [0.1, 0.15) is 19.3 Å². The standard InChI is InChI=1S/C84H164O17P2/c1-9-75(6)61-53-45-36-32-28-24-20-16-12-14-18-22-26-30-34-38-48-56-64-81(86)94-70-79(100-83(88)66-58-50-39-35-31-27-23-19-15-13-17-21-25-29-33-37-46-54-62-76(7)10-2)72-98-102(90,91)96-68-78(85)69-97-103(92,93)99-73-80(71-95-82(87)65-57-49-42-40-44-52-60-74(4)5)101-84(89)67-59-51-43-41-47-55-63-77(8)11-3/h74-80,85H,9-73H2,1-8H3,(H,90,91)(H,92,93)/t75?,76?,77?,78-,79-,80-/m1/s1. The predicted molar refractivity (Wildman–Crippen MR) is 423 cm³/mol. The molecule has 0 saturated carbocycles. The summed E-state index contributed by atoms with van der Waals surface area (Å²) in [5, 5.41) is 10.6. The number of carbonyl (C=O) groups excluding carboxylic acids is 4. The van der Waals surface area contributed by atoms with Gasteiger partial charge in [0.05, 0.1) is 26.4 Å². The first-order valence-electron chi connectivity index (χ1n) is 43.3. The number of aliphatic hydroxyl groups excluding tert-OH is 1. The molecule has 0 aromatic heterocycles. The molecule has 0 saturated heterocycles. The average Bonchev–Trinajstić information content (AvgIpc) is 0.937. The van der Waals surface area contributed by atoms with E-state index in [1.807, 2.05) is 0 Å². The Balaban J connectivity index is 5.16. The topological polar surface area (TPSA) is 237 Å². The van der Waals surface area contributed by atoms with E-state index < -0.39 is 97.5 Å². The zero-order valence-electron chi connectivity index (χ0n) is 68.0. The maximum atomic E-state index is 13.1. The molecule has 19 heteroatoms. The van der Waals surface area contributed by atoms with Crippen LogP contribution in [-0.2, 0) is 65.4 Å². The fourth-order valence-electron chi connectivity index (χ4n) is 12.9. The van der Waals surface area contributed by atoms with Crippen LogP contribution < -0.4 is 0 Å². The number of ether oxygens (including phenoxy) is 4. The number of esters is 4. The first kappa shape index (κ1) is 101. The van der Waals surface area contributed by atoms with Crippen molar-refractivity contribution >= 4 is 39.5 Å². The first-order chi connectivity index (χ1) is 49.7. The van der Waals surface area contributed by atoms with Gasteiger partial charge in [-0.1, -0.05) is 383 Å². The lowest BCUT2D eigenvalue weighted by molar-refractivity contribution is -0.161. The number of aliphatic hydroxyl groups is 1. The van der Waals surface area contributed by atoms with E-state index in [0.29, 0.717) is 31.6 Å². The number of phosphoric acid groups is 2. The summed E-state index contributed by atoms with van der Waals surface area (Å²) in [5.74, 6) is 1.03. The number of rotatable bonds is 81. The van der Waals surface area contributed by atoms with Gasteiger partial charge < -0.3 is 33.8 Å². The maximum Gasteiger partial charge on any atom is 0.472 e. The van der Waals surface area contributed by atoms with Crippen molar-refractivity contribution < 1.29 is 80.2 Å². The number of hydrogen-bond donors (Lipinski definition) is 3. The van der Waals surface area contributed by atoms with Crippen LogP contribution in [0.25, 0.3) is 0 Å². The summed E-state index contributed by atoms with van der Waals surface area (Å²) in [5.41, 5.74) is 0. The lowest BCUT2D eigenvalue weighted by atomic mass is 9.99. The number of unbranched alkanes of at least 4 members (excludes halogenated alkanes) is 44. The van der Waals surface area contributed by atoms with Gasteiger partial charge in [-0.05, 0) is 49.4 Å². The minimum absolute atomic E-state index is 0.102. The molecule has 17 nitrogen and oxygen atoms in total. The van der Waals surface area contributed by atoms with Crippen LogP contribution in [0.2, 0.25) is 0 Å². The molecule has 0 heterocycles. The highest BCUT2D eigenvalue weighted by Gasteiger charge is 2.30. The Bertz CT molecular complexity index is 2010. The van der Waals surface area contributed by atoms with Crippen molar-refractivity contribution in [3.63, 3.8) is 0 Å². The molecule has 8 atom stereocenters. The molecule has 0 amide bonds. The molecular weight excluding hydrogens is 1340 g/mol. The van der Waals surface area contributed by atoms with Crippen molar-refractivity contribution in [2.24, 2.45) is 23.7 Å². The molecule has 5 unspecified atom stereocenters. The van der Waals surface area contributed by atoms with Gasteiger partial charge in [0.15, 0.2) is 12.2 Å². The van der Waals surface area contributed by atoms with Crippen LogP contribution in [0.5, 0.6) is 0 Å². The Morgan fingerprint density at radius 3 is 0.689 bits per heavy atom. The highest BCUT2D eigenvalue weighted by Crippen LogP contribution is 2.45. The van der Waals surface area contributed by atoms with Gasteiger partial charge in [-0.2, -0.15) is 0 Å². The summed E-state index contributed by atoms with van der Waals surface area (Å²) >= 11 is 0. The maximum absolute atomic E-state index is 13.1. The van der Waals surface area contributed by atoms with Crippen LogP contribution in [0.3, 0.4) is 0 Å². The first-order valence-corrected chi connectivity index (χ1v) is 46.3. The second-order valence-electron chi connectivity index (χ2n) is 31.4. The third kappa shape index (κ3) is 74.0. The third-order valence-electron chi connectivity index (χ3n) is 20.7. The predicted octanol–water partition coefficient (Wildman–Crippen LogP) is 25.2. The van der Waals surface area contributed by atoms with Gasteiger partial charge in [0.25, 0.3) is 0 Å². The SMILES string of the molecule is CCC(C)CCCCCCCCCCCCCCCCCCCCC(=O)OC[C@H](COP(=O)(O)OC[C@@H](O)COP(=O)(O)OC[C@@H](COC(=O)CCCCCCCCC(C)C)OC(=O)CCCCCCCCC(C)CC)OC(=O)CCCCCCCCCCCCCCCCCCCCC(C)CC. The highest BCUT2D eigenvalue weighted by molar-refractivity contribution is 7.47. The molecule has 0 aromatic rings. The molecule has 0 spiro atoms. The molecular formula is C84H164O17P2. The van der Waals surface area contributed by atoms with Gasteiger partial charge in [-0.25, -0.2) is 9.13 Å². The van der Waals surface area contributed by atoms with E-state index in [4.69, 9.17) is 37.0 Å². The van der Waals surface area contributed by atoms with Crippen molar-refractivity contribution in [1.82, 2.24) is 0 Å². The van der Waals surface area contributed by atoms with Crippen LogP contribution in [0.1, 0.15) is 434 Å². The average molecular weight is 1510 g/mol. The van der Waals surface area contributed by atoms with Crippen molar-refractivity contribution in [3.8, 4) is 0 Å². The van der Waals surface area contributed by atoms with E-state index in [1.165, 1.54) is 231 Å². The molecule has 0 fully saturated rings. The summed E-state index contributed by atoms with van der Waals surface area (Å²) in [6.45, 7) is 14.3. The second kappa shape index (κ2) is 72.9. The second-order valence-corrected chi connectivity index (χ2v) is 34.3. The molecule has 0 aliphatic rings. The van der Waals surface area contributed by atoms with Gasteiger partial charge in [0.2, 0.25) is 0 Å². The monoisotopic (exact) mass is 1510 g/mol. The Morgan fingerprint density at radius 1 is 0.272 bits per heavy atom. The van der Waals surface area contributed by atoms with Crippen molar-refractivity contribution in [1.29, 1.82) is 0 Å². The minimum Gasteiger partial charge on any atom is -0.462 e. The Hall–Kier alpha value is -1.94. The lowest BCUT2D eigenvalue weighted by Gasteiger charge is -2.21. The zero-order chi connectivity index (χ0) is 76.0. The van der Waals surface area contributed by atoms with Crippen LogP contribution in [-0.4, -0.2) is 96.7 Å². The summed E-state index contributed by atoms with van der Waals surface area (Å²) < 4.78 is 68.7. The Kier molecular flexibility index (Phi) is 71.5. The Labute approximate surface area is 632 Å². The van der Waals surface area contributed by atoms with E-state index in [-0.39, 0.29) is 25.7 Å². The van der Waals surface area contributed by atoms with Gasteiger partial charge >= 0.3 is 39.5 Å². The highest BCUT2D eigenvalue weighted by atomic mass is 31.2. The Morgan fingerprint density at radius 2 is 0.466 bits per heavy atom. The van der Waals surface area contributed by atoms with E-state index in [2.05, 4.69) is 55.4 Å². The zero-order valence-corrected chi connectivity index (χ0v) is 69.7. The van der Waals surface area contributed by atoms with Crippen LogP contribution in [0.4, 0.5) is 0 Å². The van der Waals surface area contributed by atoms with Crippen LogP contribution in [0.15, 0.2) is 0 Å². The van der Waals surface area contributed by atoms with Crippen molar-refractivity contribution in [2.45, 2.75) is 453 Å². The van der Waals surface area contributed by atoms with Gasteiger partial charge in [0, 0.05) is 25.7 Å². The lowest BCUT2D eigenvalue weighted by Crippen LogP contribution is -2.30. The normalized spacial score (nSPS) is 14.8. The number of phosphoric ester groups is 2. The van der Waals surface area contributed by atoms with E-state index in [0.717, 1.165) is 114 Å². The summed E-state index contributed by atoms with van der Waals surface area (Å²) in [6.07, 6.45) is 61.5. The molecule has 0 bridgehead atoms. The van der Waals surface area contributed by atoms with Crippen molar-refractivity contribution in [2.75, 3.05) is 39.6 Å². The van der Waals surface area contributed by atoms with Gasteiger partial charge in [-0.15, -0.1) is 0 Å². The quantitative estimate of drug-likeness (QED) is 0.0222. The smallest absolute Gasteiger partial charge is 0.462 e. The van der Waals surface area contributed by atoms with E-state index >= 15 is 0 Å². The third-order valence-corrected chi connectivity index (χ3v) is 22.6. The molecule has 0 rings (SSSR count). The van der Waals surface area contributed by atoms with Crippen molar-refractivity contribution in [3.05, 3.63) is 0 Å². The van der Waals surface area contributed by atoms with Crippen LogP contribution >= 0.6 is 15.6 Å².